The summed E-state index contributed by atoms with van der Waals surface area (Å²) in [6, 6.07) is 0. The van der Waals surface area contributed by atoms with Gasteiger partial charge in [-0.15, -0.1) is 0 Å². The molecule has 0 unspecified atom stereocenters. The number of hydrogen-bond acceptors (Lipinski definition) is 8. The number of carbonyl (C=O) groups excluding carboxylic acids is 2. The molecule has 6 atom stereocenters. The van der Waals surface area contributed by atoms with Crippen molar-refractivity contribution in [2.45, 2.75) is 49.5 Å². The maximum atomic E-state index is 12.3. The first-order valence-electron chi connectivity index (χ1n) is 8.92. The molecule has 8 heteroatoms. The van der Waals surface area contributed by atoms with Crippen LogP contribution in [0.15, 0.2) is 36.0 Å². The molecule has 4 heterocycles. The van der Waals surface area contributed by atoms with Crippen LogP contribution >= 0.6 is 0 Å². The number of epoxide rings is 1. The van der Waals surface area contributed by atoms with E-state index in [0.717, 1.165) is 5.57 Å². The lowest BCUT2D eigenvalue weighted by atomic mass is 9.81. The highest BCUT2D eigenvalue weighted by Gasteiger charge is 2.65. The van der Waals surface area contributed by atoms with Gasteiger partial charge in [-0.2, -0.15) is 0 Å². The van der Waals surface area contributed by atoms with Gasteiger partial charge in [0.2, 0.25) is 0 Å². The van der Waals surface area contributed by atoms with Crippen LogP contribution in [0.1, 0.15) is 19.3 Å². The van der Waals surface area contributed by atoms with Crippen molar-refractivity contribution < 1.29 is 38.7 Å². The molecule has 2 bridgehead atoms. The van der Waals surface area contributed by atoms with Gasteiger partial charge < -0.3 is 29.2 Å². The summed E-state index contributed by atoms with van der Waals surface area (Å²) >= 11 is 0. The van der Waals surface area contributed by atoms with Gasteiger partial charge in [-0.25, -0.2) is 9.59 Å². The third kappa shape index (κ3) is 3.02. The van der Waals surface area contributed by atoms with Gasteiger partial charge in [0.15, 0.2) is 6.29 Å². The lowest BCUT2D eigenvalue weighted by molar-refractivity contribution is -0.163. The van der Waals surface area contributed by atoms with Gasteiger partial charge in [0, 0.05) is 12.0 Å². The highest BCUT2D eigenvalue weighted by Crippen LogP contribution is 2.51. The van der Waals surface area contributed by atoms with Crippen LogP contribution in [-0.4, -0.2) is 65.6 Å². The molecule has 146 valence electrons. The Bertz CT molecular complexity index is 740. The summed E-state index contributed by atoms with van der Waals surface area (Å²) in [6.45, 7) is 6.95. The van der Waals surface area contributed by atoms with E-state index in [1.165, 1.54) is 0 Å². The summed E-state index contributed by atoms with van der Waals surface area (Å²) in [5.74, 6) is -1.95. The van der Waals surface area contributed by atoms with Crippen molar-refractivity contribution in [1.29, 1.82) is 0 Å². The highest BCUT2D eigenvalue weighted by molar-refractivity contribution is 5.92. The molecule has 1 spiro atoms. The molecule has 5 aliphatic rings. The van der Waals surface area contributed by atoms with Crippen molar-refractivity contribution in [3.63, 3.8) is 0 Å². The molecule has 0 amide bonds. The molecule has 2 N–H and O–H groups in total. The number of esters is 2. The van der Waals surface area contributed by atoms with Crippen LogP contribution in [0.3, 0.4) is 0 Å². The van der Waals surface area contributed by atoms with Crippen molar-refractivity contribution in [3.8, 4) is 0 Å². The van der Waals surface area contributed by atoms with Crippen LogP contribution in [0.25, 0.3) is 0 Å². The predicted molar refractivity (Wildman–Crippen MR) is 90.1 cm³/mol. The molecule has 8 nitrogen and oxygen atoms in total. The summed E-state index contributed by atoms with van der Waals surface area (Å²) in [5, 5.41) is 19.7. The van der Waals surface area contributed by atoms with E-state index in [0.29, 0.717) is 12.8 Å². The van der Waals surface area contributed by atoms with Gasteiger partial charge in [0.1, 0.15) is 17.8 Å². The first-order chi connectivity index (χ1) is 12.9. The topological polar surface area (TPSA) is 115 Å². The van der Waals surface area contributed by atoms with E-state index in [1.807, 2.05) is 0 Å². The molecular formula is C19H22O8. The Morgan fingerprint density at radius 1 is 1.44 bits per heavy atom. The van der Waals surface area contributed by atoms with Crippen LogP contribution < -0.4 is 0 Å². The number of hydrogen-bond donors (Lipinski definition) is 2. The number of aliphatic hydroxyl groups excluding tert-OH is 2. The fourth-order valence-electron chi connectivity index (χ4n) is 4.13. The van der Waals surface area contributed by atoms with Crippen molar-refractivity contribution in [2.24, 2.45) is 5.92 Å². The van der Waals surface area contributed by atoms with Crippen LogP contribution in [0.2, 0.25) is 0 Å². The zero-order valence-corrected chi connectivity index (χ0v) is 14.8. The van der Waals surface area contributed by atoms with Crippen molar-refractivity contribution in [1.82, 2.24) is 0 Å². The molecule has 4 aliphatic heterocycles. The third-order valence-corrected chi connectivity index (χ3v) is 5.74. The maximum Gasteiger partial charge on any atom is 0.336 e. The first kappa shape index (κ1) is 18.4. The number of rotatable bonds is 3. The fraction of sp³-hybridized carbons (Fsp3) is 0.579. The summed E-state index contributed by atoms with van der Waals surface area (Å²) in [4.78, 5) is 24.4. The van der Waals surface area contributed by atoms with Crippen LogP contribution in [0, 0.1) is 5.92 Å². The smallest absolute Gasteiger partial charge is 0.336 e. The van der Waals surface area contributed by atoms with Gasteiger partial charge in [0.05, 0.1) is 30.8 Å². The van der Waals surface area contributed by atoms with Crippen LogP contribution in [0.4, 0.5) is 0 Å². The lowest BCUT2D eigenvalue weighted by Crippen LogP contribution is -2.45. The maximum absolute atomic E-state index is 12.3. The van der Waals surface area contributed by atoms with Crippen molar-refractivity contribution >= 4 is 11.9 Å². The van der Waals surface area contributed by atoms with E-state index in [-0.39, 0.29) is 30.3 Å². The Labute approximate surface area is 156 Å². The second-order valence-electron chi connectivity index (χ2n) is 7.42. The predicted octanol–water partition coefficient (Wildman–Crippen LogP) is 0.141. The molecule has 5 rings (SSSR count). The molecule has 0 aromatic rings. The van der Waals surface area contributed by atoms with Crippen molar-refractivity contribution in [2.75, 3.05) is 13.2 Å². The van der Waals surface area contributed by atoms with Gasteiger partial charge in [0.25, 0.3) is 0 Å². The Morgan fingerprint density at radius 3 is 2.96 bits per heavy atom. The Balaban J connectivity index is 1.74. The summed E-state index contributed by atoms with van der Waals surface area (Å²) in [7, 11) is 0. The lowest BCUT2D eigenvalue weighted by Gasteiger charge is -2.33. The Kier molecular flexibility index (Phi) is 4.46. The number of carbonyl (C=O) groups is 2. The minimum atomic E-state index is -1.18. The Morgan fingerprint density at radius 2 is 2.22 bits per heavy atom. The summed E-state index contributed by atoms with van der Waals surface area (Å²) in [6.07, 6.45) is 0.352. The zero-order chi connectivity index (χ0) is 19.3. The van der Waals surface area contributed by atoms with Gasteiger partial charge in [-0.1, -0.05) is 13.2 Å². The minimum Gasteiger partial charge on any atom is -0.458 e. The van der Waals surface area contributed by atoms with Gasteiger partial charge in [-0.3, -0.25) is 0 Å². The number of aliphatic hydroxyl groups is 2. The van der Waals surface area contributed by atoms with E-state index >= 15 is 0 Å². The normalized spacial score (nSPS) is 42.1. The SMILES string of the molecule is C=C(CO)C(=O)O[C@H]1C[C@]23O[C@@H]2CC/C(=C/[C@H]2OC(=O)C(=C)[C@H]12)CO[C@H]3O. The van der Waals surface area contributed by atoms with Crippen LogP contribution in [-0.2, 0) is 28.5 Å². The average molecular weight is 378 g/mol. The zero-order valence-electron chi connectivity index (χ0n) is 14.8. The van der Waals surface area contributed by atoms with E-state index in [4.69, 9.17) is 24.1 Å². The van der Waals surface area contributed by atoms with E-state index in [1.54, 1.807) is 6.08 Å². The van der Waals surface area contributed by atoms with E-state index < -0.39 is 48.6 Å². The molecule has 3 fully saturated rings. The van der Waals surface area contributed by atoms with Gasteiger partial charge in [-0.05, 0) is 24.5 Å². The Hall–Kier alpha value is -2.00. The van der Waals surface area contributed by atoms with Crippen LogP contribution in [0.5, 0.6) is 0 Å². The summed E-state index contributed by atoms with van der Waals surface area (Å²) in [5.41, 5.74) is -0.0403. The molecular weight excluding hydrogens is 356 g/mol. The highest BCUT2D eigenvalue weighted by atomic mass is 16.7. The molecule has 0 aromatic carbocycles. The molecule has 0 aromatic heterocycles. The second kappa shape index (κ2) is 6.56. The summed E-state index contributed by atoms with van der Waals surface area (Å²) < 4.78 is 22.4. The quantitative estimate of drug-likeness (QED) is 0.308. The second-order valence-corrected chi connectivity index (χ2v) is 7.42. The molecule has 27 heavy (non-hydrogen) atoms. The monoisotopic (exact) mass is 378 g/mol. The fourth-order valence-corrected chi connectivity index (χ4v) is 4.13. The molecule has 1 aliphatic carbocycles. The first-order valence-corrected chi connectivity index (χ1v) is 8.92. The van der Waals surface area contributed by atoms with E-state index in [2.05, 4.69) is 13.2 Å². The third-order valence-electron chi connectivity index (χ3n) is 5.74. The molecule has 3 saturated heterocycles. The largest absolute Gasteiger partial charge is 0.458 e. The average Bonchev–Trinajstić information content (AvgIpc) is 3.26. The van der Waals surface area contributed by atoms with Gasteiger partial charge >= 0.3 is 11.9 Å². The minimum absolute atomic E-state index is 0.109. The van der Waals surface area contributed by atoms with E-state index in [9.17, 15) is 14.7 Å². The molecule has 0 radical (unpaired) electrons. The standard InChI is InChI=1S/C19H22O8/c1-9(7-20)16(21)26-13-6-19-14(27-19)4-3-11(8-24-18(19)23)5-12-15(13)10(2)17(22)25-12/h5,12-15,18,20,23H,1-4,6-8H2/b11-5-/t12-,13+,14-,15+,18-,19+/m1/s1. The van der Waals surface area contributed by atoms with Crippen molar-refractivity contribution in [3.05, 3.63) is 36.0 Å². The molecule has 0 saturated carbocycles. The number of fused-ring (bicyclic) bond motifs is 4. The number of ether oxygens (including phenoxy) is 4.